The first-order valence-corrected chi connectivity index (χ1v) is 7.43. The Labute approximate surface area is 113 Å². The summed E-state index contributed by atoms with van der Waals surface area (Å²) in [4.78, 5) is 2.61. The van der Waals surface area contributed by atoms with E-state index in [0.717, 1.165) is 26.2 Å². The number of nitrogens with one attached hydrogen (secondary N) is 1. The number of hydrogen-bond acceptors (Lipinski definition) is 3. The molecular weight excluding hydrogens is 224 g/mol. The second kappa shape index (κ2) is 6.36. The Morgan fingerprint density at radius 3 is 2.50 bits per heavy atom. The van der Waals surface area contributed by atoms with Gasteiger partial charge in [-0.2, -0.15) is 0 Å². The fraction of sp³-hybridized carbons (Fsp3) is 1.00. The maximum atomic E-state index is 5.88. The zero-order valence-electron chi connectivity index (χ0n) is 13.2. The van der Waals surface area contributed by atoms with Gasteiger partial charge in [0.05, 0.1) is 12.2 Å². The summed E-state index contributed by atoms with van der Waals surface area (Å²) in [6, 6.07) is 0.638. The van der Waals surface area contributed by atoms with Crippen molar-refractivity contribution in [3.05, 3.63) is 0 Å². The molecule has 0 aromatic heterocycles. The third-order valence-electron chi connectivity index (χ3n) is 4.13. The molecule has 3 nitrogen and oxygen atoms in total. The molecule has 1 aliphatic rings. The van der Waals surface area contributed by atoms with Crippen LogP contribution >= 0.6 is 0 Å². The molecule has 1 aliphatic heterocycles. The number of rotatable bonds is 5. The van der Waals surface area contributed by atoms with Crippen LogP contribution in [0.1, 0.15) is 54.4 Å². The maximum absolute atomic E-state index is 5.88. The number of hydrogen-bond donors (Lipinski definition) is 1. The van der Waals surface area contributed by atoms with Crippen LogP contribution in [-0.4, -0.2) is 48.3 Å². The molecule has 1 N–H and O–H groups in total. The number of ether oxygens (including phenoxy) is 1. The summed E-state index contributed by atoms with van der Waals surface area (Å²) in [6.07, 6.45) is 2.39. The first-order chi connectivity index (χ1) is 8.30. The average molecular weight is 256 g/mol. The fourth-order valence-corrected chi connectivity index (χ4v) is 2.47. The molecule has 0 aliphatic carbocycles. The van der Waals surface area contributed by atoms with Crippen LogP contribution in [0.25, 0.3) is 0 Å². The van der Waals surface area contributed by atoms with Gasteiger partial charge in [-0.15, -0.1) is 0 Å². The molecule has 0 amide bonds. The van der Waals surface area contributed by atoms with Crippen molar-refractivity contribution >= 4 is 0 Å². The van der Waals surface area contributed by atoms with Crippen molar-refractivity contribution in [2.45, 2.75) is 71.6 Å². The van der Waals surface area contributed by atoms with Gasteiger partial charge in [0.25, 0.3) is 0 Å². The number of piperazine rings is 1. The van der Waals surface area contributed by atoms with Gasteiger partial charge in [0.15, 0.2) is 0 Å². The highest BCUT2D eigenvalue weighted by molar-refractivity contribution is 4.94. The zero-order valence-corrected chi connectivity index (χ0v) is 13.2. The summed E-state index contributed by atoms with van der Waals surface area (Å²) < 4.78 is 5.88. The van der Waals surface area contributed by atoms with Gasteiger partial charge >= 0.3 is 0 Å². The Kier molecular flexibility index (Phi) is 5.63. The summed E-state index contributed by atoms with van der Waals surface area (Å²) in [5.41, 5.74) is 0.258. The van der Waals surface area contributed by atoms with Crippen LogP contribution in [0.3, 0.4) is 0 Å². The van der Waals surface area contributed by atoms with Crippen molar-refractivity contribution < 1.29 is 4.74 Å². The smallest absolute Gasteiger partial charge is 0.0600 e. The van der Waals surface area contributed by atoms with Gasteiger partial charge < -0.3 is 10.1 Å². The van der Waals surface area contributed by atoms with Gasteiger partial charge in [0.1, 0.15) is 0 Å². The van der Waals surface area contributed by atoms with Crippen LogP contribution < -0.4 is 5.32 Å². The van der Waals surface area contributed by atoms with Crippen molar-refractivity contribution in [2.75, 3.05) is 26.2 Å². The van der Waals surface area contributed by atoms with E-state index in [2.05, 4.69) is 51.8 Å². The van der Waals surface area contributed by atoms with Crippen molar-refractivity contribution in [3.8, 4) is 0 Å². The van der Waals surface area contributed by atoms with Crippen molar-refractivity contribution in [2.24, 2.45) is 0 Å². The van der Waals surface area contributed by atoms with E-state index in [9.17, 15) is 0 Å². The molecule has 0 spiro atoms. The quantitative estimate of drug-likeness (QED) is 0.818. The van der Waals surface area contributed by atoms with Crippen LogP contribution in [0.5, 0.6) is 0 Å². The van der Waals surface area contributed by atoms with E-state index in [1.54, 1.807) is 0 Å². The van der Waals surface area contributed by atoms with E-state index < -0.39 is 0 Å². The normalized spacial score (nSPS) is 30.7. The predicted molar refractivity (Wildman–Crippen MR) is 78.1 cm³/mol. The zero-order chi connectivity index (χ0) is 13.8. The summed E-state index contributed by atoms with van der Waals surface area (Å²) in [6.45, 7) is 17.4. The summed E-state index contributed by atoms with van der Waals surface area (Å²) >= 11 is 0. The van der Waals surface area contributed by atoms with E-state index in [4.69, 9.17) is 4.74 Å². The topological polar surface area (TPSA) is 24.5 Å². The number of nitrogens with zero attached hydrogens (tertiary/aromatic N) is 1. The molecule has 0 saturated carbocycles. The van der Waals surface area contributed by atoms with Crippen LogP contribution in [0.4, 0.5) is 0 Å². The van der Waals surface area contributed by atoms with Crippen LogP contribution in [-0.2, 0) is 4.74 Å². The van der Waals surface area contributed by atoms with Gasteiger partial charge in [-0.05, 0) is 40.5 Å². The second-order valence-corrected chi connectivity index (χ2v) is 6.74. The average Bonchev–Trinajstić information content (AvgIpc) is 2.30. The molecule has 0 bridgehead atoms. The summed E-state index contributed by atoms with van der Waals surface area (Å²) in [5, 5.41) is 3.66. The van der Waals surface area contributed by atoms with Gasteiger partial charge in [-0.1, -0.05) is 13.8 Å². The standard InChI is InChI=1S/C15H32N2O/c1-7-13-11-17(9-10-18-14(3,4)5)15(6,8-2)12-16-13/h13,16H,7-12H2,1-6H3. The minimum absolute atomic E-state index is 0.0270. The molecule has 3 heteroatoms. The van der Waals surface area contributed by atoms with E-state index in [-0.39, 0.29) is 11.1 Å². The molecule has 2 atom stereocenters. The van der Waals surface area contributed by atoms with Gasteiger partial charge in [0.2, 0.25) is 0 Å². The summed E-state index contributed by atoms with van der Waals surface area (Å²) in [5.74, 6) is 0. The Balaban J connectivity index is 2.51. The SMILES string of the molecule is CCC1CN(CCOC(C)(C)C)C(C)(CC)CN1. The molecule has 18 heavy (non-hydrogen) atoms. The van der Waals surface area contributed by atoms with Crippen molar-refractivity contribution in [1.82, 2.24) is 10.2 Å². The Bertz CT molecular complexity index is 249. The van der Waals surface area contributed by atoms with Gasteiger partial charge in [0, 0.05) is 31.2 Å². The van der Waals surface area contributed by atoms with Crippen molar-refractivity contribution in [1.29, 1.82) is 0 Å². The predicted octanol–water partition coefficient (Wildman–Crippen LogP) is 2.65. The maximum Gasteiger partial charge on any atom is 0.0600 e. The first kappa shape index (κ1) is 15.9. The highest BCUT2D eigenvalue weighted by Gasteiger charge is 2.35. The Morgan fingerprint density at radius 1 is 1.33 bits per heavy atom. The molecule has 0 aromatic rings. The Morgan fingerprint density at radius 2 is 2.00 bits per heavy atom. The van der Waals surface area contributed by atoms with Crippen molar-refractivity contribution in [3.63, 3.8) is 0 Å². The second-order valence-electron chi connectivity index (χ2n) is 6.74. The largest absolute Gasteiger partial charge is 0.375 e. The van der Waals surface area contributed by atoms with Gasteiger partial charge in [-0.3, -0.25) is 4.90 Å². The molecule has 2 unspecified atom stereocenters. The molecule has 1 saturated heterocycles. The molecule has 0 aromatic carbocycles. The van der Waals surface area contributed by atoms with E-state index >= 15 is 0 Å². The lowest BCUT2D eigenvalue weighted by Gasteiger charge is -2.48. The Hall–Kier alpha value is -0.120. The van der Waals surface area contributed by atoms with Crippen LogP contribution in [0.2, 0.25) is 0 Å². The van der Waals surface area contributed by atoms with E-state index in [0.29, 0.717) is 6.04 Å². The fourth-order valence-electron chi connectivity index (χ4n) is 2.47. The molecule has 1 heterocycles. The minimum Gasteiger partial charge on any atom is -0.375 e. The highest BCUT2D eigenvalue weighted by atomic mass is 16.5. The van der Waals surface area contributed by atoms with Crippen LogP contribution in [0.15, 0.2) is 0 Å². The minimum atomic E-state index is -0.0270. The highest BCUT2D eigenvalue weighted by Crippen LogP contribution is 2.23. The molecule has 1 fully saturated rings. The molecule has 1 rings (SSSR count). The van der Waals surface area contributed by atoms with E-state index in [1.165, 1.54) is 12.8 Å². The molecular formula is C15H32N2O. The lowest BCUT2D eigenvalue weighted by molar-refractivity contribution is -0.0372. The lowest BCUT2D eigenvalue weighted by atomic mass is 9.91. The molecule has 108 valence electrons. The third-order valence-corrected chi connectivity index (χ3v) is 4.13. The first-order valence-electron chi connectivity index (χ1n) is 7.43. The van der Waals surface area contributed by atoms with E-state index in [1.807, 2.05) is 0 Å². The van der Waals surface area contributed by atoms with Crippen LogP contribution in [0, 0.1) is 0 Å². The molecule has 0 radical (unpaired) electrons. The summed E-state index contributed by atoms with van der Waals surface area (Å²) in [7, 11) is 0. The third kappa shape index (κ3) is 4.52. The van der Waals surface area contributed by atoms with Gasteiger partial charge in [-0.25, -0.2) is 0 Å². The monoisotopic (exact) mass is 256 g/mol. The lowest BCUT2D eigenvalue weighted by Crippen LogP contribution is -2.63.